The van der Waals surface area contributed by atoms with E-state index in [1.54, 1.807) is 0 Å². The number of hydrogen-bond acceptors (Lipinski definition) is 2. The Labute approximate surface area is 109 Å². The Kier molecular flexibility index (Phi) is 4.04. The lowest BCUT2D eigenvalue weighted by atomic mass is 10.0. The van der Waals surface area contributed by atoms with Gasteiger partial charge in [-0.2, -0.15) is 0 Å². The van der Waals surface area contributed by atoms with E-state index in [0.29, 0.717) is 6.54 Å². The van der Waals surface area contributed by atoms with Crippen LogP contribution in [0.3, 0.4) is 0 Å². The Balaban J connectivity index is 2.09. The summed E-state index contributed by atoms with van der Waals surface area (Å²) < 4.78 is 2.09. The fourth-order valence-corrected chi connectivity index (χ4v) is 2.51. The second kappa shape index (κ2) is 5.55. The van der Waals surface area contributed by atoms with Gasteiger partial charge in [0.2, 0.25) is 5.91 Å². The summed E-state index contributed by atoms with van der Waals surface area (Å²) in [6, 6.07) is 0.247. The van der Waals surface area contributed by atoms with Crippen LogP contribution >= 0.6 is 0 Å². The molecular formula is C14H23N3O. The Bertz CT molecular complexity index is 436. The number of rotatable bonds is 4. The third-order valence-electron chi connectivity index (χ3n) is 3.74. The summed E-state index contributed by atoms with van der Waals surface area (Å²) in [5.41, 5.74) is 2.48. The molecule has 1 aromatic heterocycles. The first kappa shape index (κ1) is 13.1. The first-order valence-electron chi connectivity index (χ1n) is 6.96. The number of aryl methyl sites for hydroxylation is 2. The molecule has 1 unspecified atom stereocenters. The van der Waals surface area contributed by atoms with Gasteiger partial charge in [-0.1, -0.05) is 6.92 Å². The molecule has 100 valence electrons. The molecule has 4 nitrogen and oxygen atoms in total. The Morgan fingerprint density at radius 1 is 1.44 bits per heavy atom. The Morgan fingerprint density at radius 3 is 2.89 bits per heavy atom. The molecule has 0 saturated carbocycles. The quantitative estimate of drug-likeness (QED) is 0.887. The summed E-state index contributed by atoms with van der Waals surface area (Å²) in [4.78, 5) is 16.5. The maximum atomic E-state index is 12.0. The van der Waals surface area contributed by atoms with Crippen LogP contribution in [0.1, 0.15) is 50.3 Å². The number of carbonyl (C=O) groups is 1. The van der Waals surface area contributed by atoms with E-state index in [1.165, 1.54) is 24.2 Å². The van der Waals surface area contributed by atoms with Crippen molar-refractivity contribution < 1.29 is 4.79 Å². The summed E-state index contributed by atoms with van der Waals surface area (Å²) in [5, 5.41) is 3.01. The lowest BCUT2D eigenvalue weighted by Crippen LogP contribution is -2.35. The molecule has 0 radical (unpaired) electrons. The van der Waals surface area contributed by atoms with Crippen LogP contribution in [0.15, 0.2) is 0 Å². The normalized spacial score (nSPS) is 16.2. The van der Waals surface area contributed by atoms with E-state index in [0.717, 1.165) is 25.1 Å². The Morgan fingerprint density at radius 2 is 2.17 bits per heavy atom. The molecule has 0 fully saturated rings. The minimum absolute atomic E-state index is 0.0956. The lowest BCUT2D eigenvalue weighted by Gasteiger charge is -2.16. The average Bonchev–Trinajstić information content (AvgIpc) is 2.66. The van der Waals surface area contributed by atoms with Crippen molar-refractivity contribution in [1.29, 1.82) is 0 Å². The zero-order chi connectivity index (χ0) is 13.1. The van der Waals surface area contributed by atoms with Crippen molar-refractivity contribution in [2.24, 2.45) is 0 Å². The lowest BCUT2D eigenvalue weighted by molar-refractivity contribution is -0.122. The van der Waals surface area contributed by atoms with E-state index in [9.17, 15) is 4.79 Å². The van der Waals surface area contributed by atoms with Crippen molar-refractivity contribution in [3.63, 3.8) is 0 Å². The molecule has 1 heterocycles. The number of carbonyl (C=O) groups excluding carboxylic acids is 1. The summed E-state index contributed by atoms with van der Waals surface area (Å²) in [7, 11) is 0. The number of nitrogens with zero attached hydrogens (tertiary/aromatic N) is 2. The fraction of sp³-hybridized carbons (Fsp3) is 0.714. The molecule has 1 aliphatic rings. The minimum atomic E-state index is 0.0956. The molecule has 0 saturated heterocycles. The summed E-state index contributed by atoms with van der Waals surface area (Å²) in [6.45, 7) is 6.52. The second-order valence-electron chi connectivity index (χ2n) is 5.22. The van der Waals surface area contributed by atoms with Gasteiger partial charge >= 0.3 is 0 Å². The van der Waals surface area contributed by atoms with Crippen LogP contribution in [0.25, 0.3) is 0 Å². The highest BCUT2D eigenvalue weighted by atomic mass is 16.2. The highest BCUT2D eigenvalue weighted by Crippen LogP contribution is 2.21. The van der Waals surface area contributed by atoms with Crippen molar-refractivity contribution >= 4 is 5.91 Å². The zero-order valence-corrected chi connectivity index (χ0v) is 11.6. The molecule has 4 heteroatoms. The van der Waals surface area contributed by atoms with Crippen molar-refractivity contribution in [3.05, 3.63) is 17.2 Å². The van der Waals surface area contributed by atoms with Crippen molar-refractivity contribution in [1.82, 2.24) is 14.9 Å². The maximum Gasteiger partial charge on any atom is 0.240 e. The van der Waals surface area contributed by atoms with Gasteiger partial charge in [0.25, 0.3) is 0 Å². The molecule has 0 aromatic carbocycles. The highest BCUT2D eigenvalue weighted by Gasteiger charge is 2.19. The van der Waals surface area contributed by atoms with E-state index >= 15 is 0 Å². The molecule has 2 rings (SSSR count). The van der Waals surface area contributed by atoms with E-state index in [-0.39, 0.29) is 11.9 Å². The number of hydrogen-bond donors (Lipinski definition) is 1. The molecule has 1 aliphatic carbocycles. The van der Waals surface area contributed by atoms with Crippen LogP contribution in [-0.4, -0.2) is 21.5 Å². The second-order valence-corrected chi connectivity index (χ2v) is 5.22. The van der Waals surface area contributed by atoms with Gasteiger partial charge in [-0.3, -0.25) is 4.79 Å². The smallest absolute Gasteiger partial charge is 0.240 e. The van der Waals surface area contributed by atoms with Gasteiger partial charge in [-0.15, -0.1) is 0 Å². The van der Waals surface area contributed by atoms with E-state index in [1.807, 2.05) is 13.8 Å². The van der Waals surface area contributed by atoms with Gasteiger partial charge < -0.3 is 9.88 Å². The van der Waals surface area contributed by atoms with E-state index < -0.39 is 0 Å². The van der Waals surface area contributed by atoms with E-state index in [2.05, 4.69) is 21.8 Å². The summed E-state index contributed by atoms with van der Waals surface area (Å²) in [6.07, 6.45) is 5.53. The molecule has 1 amide bonds. The van der Waals surface area contributed by atoms with Gasteiger partial charge in [0.1, 0.15) is 12.4 Å². The molecular weight excluding hydrogens is 226 g/mol. The molecule has 1 aromatic rings. The van der Waals surface area contributed by atoms with E-state index in [4.69, 9.17) is 0 Å². The number of nitrogens with one attached hydrogen (secondary N) is 1. The summed E-state index contributed by atoms with van der Waals surface area (Å²) >= 11 is 0. The standard InChI is InChI=1S/C14H23N3O/c1-4-10(2)15-14(18)9-17-11(3)16-12-7-5-6-8-13(12)17/h10H,4-9H2,1-3H3,(H,15,18). The molecule has 0 aliphatic heterocycles. The van der Waals surface area contributed by atoms with Crippen LogP contribution < -0.4 is 5.32 Å². The number of imidazole rings is 1. The van der Waals surface area contributed by atoms with Crippen molar-refractivity contribution in [3.8, 4) is 0 Å². The van der Waals surface area contributed by atoms with Gasteiger partial charge in [0, 0.05) is 11.7 Å². The average molecular weight is 249 g/mol. The monoisotopic (exact) mass is 249 g/mol. The SMILES string of the molecule is CCC(C)NC(=O)Cn1c(C)nc2c1CCCC2. The minimum Gasteiger partial charge on any atom is -0.352 e. The van der Waals surface area contributed by atoms with Crippen LogP contribution in [0.4, 0.5) is 0 Å². The molecule has 18 heavy (non-hydrogen) atoms. The van der Waals surface area contributed by atoms with Crippen molar-refractivity contribution in [2.75, 3.05) is 0 Å². The third-order valence-corrected chi connectivity index (χ3v) is 3.74. The maximum absolute atomic E-state index is 12.0. The third kappa shape index (κ3) is 2.74. The Hall–Kier alpha value is -1.32. The van der Waals surface area contributed by atoms with Gasteiger partial charge in [-0.05, 0) is 46.0 Å². The van der Waals surface area contributed by atoms with Crippen LogP contribution in [0, 0.1) is 6.92 Å². The van der Waals surface area contributed by atoms with Crippen LogP contribution in [-0.2, 0) is 24.2 Å². The van der Waals surface area contributed by atoms with Crippen molar-refractivity contribution in [2.45, 2.75) is 65.5 Å². The van der Waals surface area contributed by atoms with Crippen LogP contribution in [0.2, 0.25) is 0 Å². The molecule has 1 atom stereocenters. The number of amides is 1. The first-order valence-corrected chi connectivity index (χ1v) is 6.96. The molecule has 1 N–H and O–H groups in total. The molecule has 0 bridgehead atoms. The van der Waals surface area contributed by atoms with Gasteiger partial charge in [-0.25, -0.2) is 4.98 Å². The zero-order valence-electron chi connectivity index (χ0n) is 11.6. The fourth-order valence-electron chi connectivity index (χ4n) is 2.51. The predicted molar refractivity (Wildman–Crippen MR) is 71.5 cm³/mol. The topological polar surface area (TPSA) is 46.9 Å². The number of fused-ring (bicyclic) bond motifs is 1. The van der Waals surface area contributed by atoms with Gasteiger partial charge in [0.15, 0.2) is 0 Å². The van der Waals surface area contributed by atoms with Crippen LogP contribution in [0.5, 0.6) is 0 Å². The number of aromatic nitrogens is 2. The van der Waals surface area contributed by atoms with Gasteiger partial charge in [0.05, 0.1) is 5.69 Å². The highest BCUT2D eigenvalue weighted by molar-refractivity contribution is 5.76. The summed E-state index contributed by atoms with van der Waals surface area (Å²) in [5.74, 6) is 1.07. The predicted octanol–water partition coefficient (Wildman–Crippen LogP) is 1.99. The molecule has 0 spiro atoms. The largest absolute Gasteiger partial charge is 0.352 e. The first-order chi connectivity index (χ1) is 8.61.